The monoisotopic (exact) mass is 325 g/mol. The van der Waals surface area contributed by atoms with Crippen molar-refractivity contribution >= 4 is 0 Å². The van der Waals surface area contributed by atoms with Crippen molar-refractivity contribution in [3.05, 3.63) is 17.5 Å². The number of ether oxygens (including phenoxy) is 1. The van der Waals surface area contributed by atoms with Crippen LogP contribution in [0.15, 0.2) is 6.20 Å². The van der Waals surface area contributed by atoms with Gasteiger partial charge in [-0.05, 0) is 12.8 Å². The molecule has 23 heavy (non-hydrogen) atoms. The Labute approximate surface area is 137 Å². The quantitative estimate of drug-likeness (QED) is 0.888. The summed E-state index contributed by atoms with van der Waals surface area (Å²) < 4.78 is 21.7. The molecular weight excluding hydrogens is 297 g/mol. The Kier molecular flexibility index (Phi) is 4.51. The van der Waals surface area contributed by atoms with Crippen LogP contribution in [0.3, 0.4) is 0 Å². The van der Waals surface area contributed by atoms with E-state index >= 15 is 0 Å². The van der Waals surface area contributed by atoms with Crippen LogP contribution in [0, 0.1) is 5.41 Å². The van der Waals surface area contributed by atoms with Crippen LogP contribution in [-0.4, -0.2) is 46.4 Å². The third-order valence-electron chi connectivity index (χ3n) is 5.79. The van der Waals surface area contributed by atoms with Gasteiger partial charge in [0, 0.05) is 56.3 Å². The van der Waals surface area contributed by atoms with E-state index in [0.29, 0.717) is 39.0 Å². The van der Waals surface area contributed by atoms with Gasteiger partial charge < -0.3 is 15.2 Å². The summed E-state index contributed by atoms with van der Waals surface area (Å²) in [7, 11) is 1.91. The number of hydrogen-bond acceptors (Lipinski definition) is 4. The highest BCUT2D eigenvalue weighted by molar-refractivity contribution is 5.26. The van der Waals surface area contributed by atoms with Gasteiger partial charge in [-0.3, -0.25) is 4.68 Å². The van der Waals surface area contributed by atoms with Crippen molar-refractivity contribution in [1.29, 1.82) is 0 Å². The van der Waals surface area contributed by atoms with Gasteiger partial charge in [0.1, 0.15) is 6.17 Å². The van der Waals surface area contributed by atoms with Crippen molar-refractivity contribution in [3.63, 3.8) is 0 Å². The van der Waals surface area contributed by atoms with E-state index in [1.165, 1.54) is 0 Å². The molecule has 3 rings (SSSR count). The lowest BCUT2D eigenvalue weighted by Crippen LogP contribution is -2.54. The molecular formula is C17H28FN3O2. The Morgan fingerprint density at radius 1 is 1.48 bits per heavy atom. The number of nitrogens with zero attached hydrogens (tertiary/aromatic N) is 2. The molecule has 0 amide bonds. The lowest BCUT2D eigenvalue weighted by Gasteiger charge is -2.46. The number of aliphatic hydroxyl groups is 1. The Morgan fingerprint density at radius 3 is 2.87 bits per heavy atom. The second kappa shape index (κ2) is 6.15. The SMILES string of the molecule is Cn1ncc2c1CCC(F)C2NCC(C)(C)C1(O)CCOCC1. The van der Waals surface area contributed by atoms with Gasteiger partial charge >= 0.3 is 0 Å². The highest BCUT2D eigenvalue weighted by Gasteiger charge is 2.45. The predicted molar refractivity (Wildman–Crippen MR) is 86.0 cm³/mol. The summed E-state index contributed by atoms with van der Waals surface area (Å²) >= 11 is 0. The van der Waals surface area contributed by atoms with Crippen LogP contribution in [0.4, 0.5) is 4.39 Å². The molecule has 2 aliphatic rings. The van der Waals surface area contributed by atoms with Crippen molar-refractivity contribution in [1.82, 2.24) is 15.1 Å². The fraction of sp³-hybridized carbons (Fsp3) is 0.824. The number of fused-ring (bicyclic) bond motifs is 1. The minimum absolute atomic E-state index is 0.338. The highest BCUT2D eigenvalue weighted by atomic mass is 19.1. The summed E-state index contributed by atoms with van der Waals surface area (Å²) in [5.41, 5.74) is 0.951. The molecule has 2 unspecified atom stereocenters. The predicted octanol–water partition coefficient (Wildman–Crippen LogP) is 1.90. The molecule has 130 valence electrons. The number of alkyl halides is 1. The minimum atomic E-state index is -0.910. The van der Waals surface area contributed by atoms with Crippen molar-refractivity contribution in [2.45, 2.75) is 57.3 Å². The number of aryl methyl sites for hydroxylation is 1. The molecule has 2 N–H and O–H groups in total. The van der Waals surface area contributed by atoms with Gasteiger partial charge in [0.15, 0.2) is 0 Å². The summed E-state index contributed by atoms with van der Waals surface area (Å²) in [6.45, 7) is 5.82. The van der Waals surface area contributed by atoms with Crippen LogP contribution in [0.1, 0.15) is 50.4 Å². The smallest absolute Gasteiger partial charge is 0.120 e. The molecule has 1 fully saturated rings. The first-order valence-electron chi connectivity index (χ1n) is 8.52. The topological polar surface area (TPSA) is 59.3 Å². The summed E-state index contributed by atoms with van der Waals surface area (Å²) in [6, 6.07) is -0.338. The average Bonchev–Trinajstić information content (AvgIpc) is 2.88. The van der Waals surface area contributed by atoms with Crippen molar-refractivity contribution in [2.24, 2.45) is 12.5 Å². The maximum Gasteiger partial charge on any atom is 0.120 e. The molecule has 1 aliphatic carbocycles. The molecule has 6 heteroatoms. The number of hydrogen-bond donors (Lipinski definition) is 2. The Morgan fingerprint density at radius 2 is 2.17 bits per heavy atom. The van der Waals surface area contributed by atoms with Gasteiger partial charge in [-0.1, -0.05) is 13.8 Å². The fourth-order valence-corrected chi connectivity index (χ4v) is 3.84. The molecule has 0 radical (unpaired) electrons. The van der Waals surface area contributed by atoms with Crippen LogP contribution >= 0.6 is 0 Å². The number of aromatic nitrogens is 2. The molecule has 1 aromatic heterocycles. The Balaban J connectivity index is 1.72. The van der Waals surface area contributed by atoms with Gasteiger partial charge in [-0.25, -0.2) is 4.39 Å². The fourth-order valence-electron chi connectivity index (χ4n) is 3.84. The van der Waals surface area contributed by atoms with Gasteiger partial charge in [-0.15, -0.1) is 0 Å². The minimum Gasteiger partial charge on any atom is -0.389 e. The zero-order valence-corrected chi connectivity index (χ0v) is 14.3. The summed E-state index contributed by atoms with van der Waals surface area (Å²) in [5.74, 6) is 0. The van der Waals surface area contributed by atoms with E-state index < -0.39 is 11.8 Å². The lowest BCUT2D eigenvalue weighted by atomic mass is 9.70. The van der Waals surface area contributed by atoms with Gasteiger partial charge in [-0.2, -0.15) is 5.10 Å². The van der Waals surface area contributed by atoms with Crippen LogP contribution in [-0.2, 0) is 18.2 Å². The first kappa shape index (κ1) is 16.9. The van der Waals surface area contributed by atoms with E-state index in [1.807, 2.05) is 25.6 Å². The van der Waals surface area contributed by atoms with E-state index in [9.17, 15) is 9.50 Å². The second-order valence-electron chi connectivity index (χ2n) is 7.61. The molecule has 1 aliphatic heterocycles. The van der Waals surface area contributed by atoms with E-state index in [0.717, 1.165) is 17.7 Å². The standard InChI is InChI=1S/C17H28FN3O2/c1-16(2,17(22)6-8-23-9-7-17)11-19-15-12-10-20-21(3)14(12)5-4-13(15)18/h10,13,15,19,22H,4-9,11H2,1-3H3. The first-order chi connectivity index (χ1) is 10.8. The van der Waals surface area contributed by atoms with E-state index in [-0.39, 0.29) is 11.5 Å². The van der Waals surface area contributed by atoms with E-state index in [4.69, 9.17) is 4.74 Å². The maximum atomic E-state index is 14.5. The molecule has 0 bridgehead atoms. The molecule has 0 saturated carbocycles. The van der Waals surface area contributed by atoms with Crippen molar-refractivity contribution in [2.75, 3.05) is 19.8 Å². The van der Waals surface area contributed by atoms with Crippen LogP contribution in [0.25, 0.3) is 0 Å². The average molecular weight is 325 g/mol. The number of rotatable bonds is 4. The highest BCUT2D eigenvalue weighted by Crippen LogP contribution is 2.39. The third kappa shape index (κ3) is 3.04. The van der Waals surface area contributed by atoms with E-state index in [1.54, 1.807) is 6.20 Å². The van der Waals surface area contributed by atoms with Gasteiger partial charge in [0.2, 0.25) is 0 Å². The first-order valence-corrected chi connectivity index (χ1v) is 8.52. The van der Waals surface area contributed by atoms with Crippen molar-refractivity contribution in [3.8, 4) is 0 Å². The largest absolute Gasteiger partial charge is 0.389 e. The zero-order valence-electron chi connectivity index (χ0n) is 14.3. The Bertz CT molecular complexity index is 552. The summed E-state index contributed by atoms with van der Waals surface area (Å²) in [4.78, 5) is 0. The van der Waals surface area contributed by atoms with Gasteiger partial charge in [0.25, 0.3) is 0 Å². The molecule has 2 atom stereocenters. The number of nitrogens with one attached hydrogen (secondary N) is 1. The summed E-state index contributed by atoms with van der Waals surface area (Å²) in [6.07, 6.45) is 3.37. The molecule has 1 aromatic rings. The molecule has 1 saturated heterocycles. The number of halogens is 1. The summed E-state index contributed by atoms with van der Waals surface area (Å²) in [5, 5.41) is 18.6. The lowest BCUT2D eigenvalue weighted by molar-refractivity contribution is -0.132. The van der Waals surface area contributed by atoms with Crippen LogP contribution in [0.2, 0.25) is 0 Å². The molecule has 0 spiro atoms. The van der Waals surface area contributed by atoms with E-state index in [2.05, 4.69) is 10.4 Å². The van der Waals surface area contributed by atoms with Crippen LogP contribution in [0.5, 0.6) is 0 Å². The molecule has 5 nitrogen and oxygen atoms in total. The third-order valence-corrected chi connectivity index (χ3v) is 5.79. The van der Waals surface area contributed by atoms with Crippen LogP contribution < -0.4 is 5.32 Å². The normalized spacial score (nSPS) is 27.7. The second-order valence-corrected chi connectivity index (χ2v) is 7.61. The Hall–Kier alpha value is -0.980. The molecule has 2 heterocycles. The van der Waals surface area contributed by atoms with Crippen molar-refractivity contribution < 1.29 is 14.2 Å². The molecule has 0 aromatic carbocycles. The maximum absolute atomic E-state index is 14.5. The van der Waals surface area contributed by atoms with Gasteiger partial charge in [0.05, 0.1) is 17.8 Å². The zero-order chi connectivity index (χ0) is 16.7.